The maximum absolute atomic E-state index is 12.4. The molecule has 0 fully saturated rings. The van der Waals surface area contributed by atoms with Gasteiger partial charge in [-0.3, -0.25) is 0 Å². The molecule has 1 atom stereocenters. The summed E-state index contributed by atoms with van der Waals surface area (Å²) in [4.78, 5) is 26.4. The summed E-state index contributed by atoms with van der Waals surface area (Å²) >= 11 is 0. The maximum Gasteiger partial charge on any atom is 0.408 e. The van der Waals surface area contributed by atoms with Crippen LogP contribution in [-0.4, -0.2) is 29.3 Å². The van der Waals surface area contributed by atoms with Crippen LogP contribution in [0, 0.1) is 0 Å². The highest BCUT2D eigenvalue weighted by atomic mass is 16.5. The first-order chi connectivity index (χ1) is 14.5. The molecule has 0 aromatic heterocycles. The van der Waals surface area contributed by atoms with E-state index in [1.807, 2.05) is 95.9 Å². The number of anilines is 2. The molecule has 0 saturated heterocycles. The number of carboxylic acid groups (broad SMARTS) is 1. The summed E-state index contributed by atoms with van der Waals surface area (Å²) in [5.41, 5.74) is 0.866. The zero-order valence-corrected chi connectivity index (χ0v) is 16.7. The highest BCUT2D eigenvalue weighted by molar-refractivity contribution is 5.85. The largest absolute Gasteiger partial charge is 0.479 e. The smallest absolute Gasteiger partial charge is 0.408 e. The van der Waals surface area contributed by atoms with Gasteiger partial charge in [0.05, 0.1) is 6.54 Å². The van der Waals surface area contributed by atoms with Crippen molar-refractivity contribution in [1.29, 1.82) is 0 Å². The van der Waals surface area contributed by atoms with Gasteiger partial charge in [-0.05, 0) is 36.8 Å². The van der Waals surface area contributed by atoms with Gasteiger partial charge in [0.25, 0.3) is 0 Å². The Bertz CT molecular complexity index is 925. The molecule has 0 radical (unpaired) electrons. The number of carbonyl (C=O) groups excluding carboxylic acids is 1. The second kappa shape index (κ2) is 9.60. The van der Waals surface area contributed by atoms with Gasteiger partial charge in [-0.25, -0.2) is 9.59 Å². The summed E-state index contributed by atoms with van der Waals surface area (Å²) in [6.45, 7) is 1.54. The van der Waals surface area contributed by atoms with Crippen molar-refractivity contribution < 1.29 is 19.4 Å². The number of hydrogen-bond donors (Lipinski definition) is 2. The Labute approximate surface area is 175 Å². The lowest BCUT2D eigenvalue weighted by Crippen LogP contribution is -2.58. The van der Waals surface area contributed by atoms with Gasteiger partial charge in [0.15, 0.2) is 5.54 Å². The van der Waals surface area contributed by atoms with Crippen LogP contribution < -0.4 is 10.2 Å². The van der Waals surface area contributed by atoms with Gasteiger partial charge < -0.3 is 20.1 Å². The van der Waals surface area contributed by atoms with E-state index < -0.39 is 17.6 Å². The van der Waals surface area contributed by atoms with Crippen LogP contribution in [0.1, 0.15) is 12.5 Å². The third-order valence-electron chi connectivity index (χ3n) is 4.67. The van der Waals surface area contributed by atoms with Gasteiger partial charge in [-0.2, -0.15) is 0 Å². The lowest BCUT2D eigenvalue weighted by atomic mass is 10.0. The third kappa shape index (κ3) is 5.38. The molecule has 3 aromatic rings. The van der Waals surface area contributed by atoms with E-state index in [1.54, 1.807) is 0 Å². The Balaban J connectivity index is 1.78. The molecule has 3 aromatic carbocycles. The van der Waals surface area contributed by atoms with E-state index in [4.69, 9.17) is 4.74 Å². The van der Waals surface area contributed by atoms with Gasteiger partial charge in [-0.15, -0.1) is 0 Å². The molecule has 0 heterocycles. The molecule has 0 bridgehead atoms. The van der Waals surface area contributed by atoms with Crippen molar-refractivity contribution in [3.63, 3.8) is 0 Å². The van der Waals surface area contributed by atoms with E-state index in [0.717, 1.165) is 16.9 Å². The summed E-state index contributed by atoms with van der Waals surface area (Å²) in [6, 6.07) is 28.1. The normalized spacial score (nSPS) is 12.4. The standard InChI is InChI=1S/C24H24N2O4/c1-24(22(27)28,25-23(29)30-17-19-11-5-2-6-12-19)18-26(20-13-7-3-8-14-20)21-15-9-4-10-16-21/h2-16H,17-18H2,1H3,(H,25,29)(H,27,28)/t24-/m0/s1. The second-order valence-corrected chi connectivity index (χ2v) is 7.08. The molecule has 0 aliphatic carbocycles. The minimum Gasteiger partial charge on any atom is -0.479 e. The summed E-state index contributed by atoms with van der Waals surface area (Å²) in [5, 5.41) is 12.4. The van der Waals surface area contributed by atoms with Gasteiger partial charge in [0.1, 0.15) is 6.61 Å². The number of alkyl carbamates (subject to hydrolysis) is 1. The third-order valence-corrected chi connectivity index (χ3v) is 4.67. The molecule has 0 saturated carbocycles. The number of aliphatic carboxylic acids is 1. The predicted octanol–water partition coefficient (Wildman–Crippen LogP) is 4.59. The van der Waals surface area contributed by atoms with Crippen molar-refractivity contribution in [2.45, 2.75) is 19.1 Å². The highest BCUT2D eigenvalue weighted by Gasteiger charge is 2.38. The Hall–Kier alpha value is -3.80. The van der Waals surface area contributed by atoms with E-state index in [0.29, 0.717) is 0 Å². The van der Waals surface area contributed by atoms with Crippen LogP contribution in [0.3, 0.4) is 0 Å². The molecule has 0 aliphatic heterocycles. The first-order valence-corrected chi connectivity index (χ1v) is 9.58. The topological polar surface area (TPSA) is 78.9 Å². The maximum atomic E-state index is 12.4. The Kier molecular flexibility index (Phi) is 6.70. The highest BCUT2D eigenvalue weighted by Crippen LogP contribution is 2.27. The zero-order chi connectivity index (χ0) is 21.4. The van der Waals surface area contributed by atoms with E-state index in [-0.39, 0.29) is 13.2 Å². The molecule has 30 heavy (non-hydrogen) atoms. The van der Waals surface area contributed by atoms with Gasteiger partial charge in [-0.1, -0.05) is 66.7 Å². The number of para-hydroxylation sites is 2. The fourth-order valence-electron chi connectivity index (χ4n) is 3.01. The summed E-state index contributed by atoms with van der Waals surface area (Å²) in [7, 11) is 0. The molecule has 0 aliphatic rings. The molecular formula is C24H24N2O4. The van der Waals surface area contributed by atoms with Gasteiger partial charge >= 0.3 is 12.1 Å². The molecule has 3 rings (SSSR count). The van der Waals surface area contributed by atoms with Crippen LogP contribution in [0.2, 0.25) is 0 Å². The molecule has 6 nitrogen and oxygen atoms in total. The number of nitrogens with one attached hydrogen (secondary N) is 1. The number of rotatable bonds is 8. The van der Waals surface area contributed by atoms with Crippen molar-refractivity contribution in [2.24, 2.45) is 0 Å². The Morgan fingerprint density at radius 2 is 1.33 bits per heavy atom. The number of nitrogens with zero attached hydrogens (tertiary/aromatic N) is 1. The lowest BCUT2D eigenvalue weighted by molar-refractivity contribution is -0.143. The van der Waals surface area contributed by atoms with Crippen LogP contribution >= 0.6 is 0 Å². The lowest BCUT2D eigenvalue weighted by Gasteiger charge is -2.34. The van der Waals surface area contributed by atoms with Crippen LogP contribution in [0.15, 0.2) is 91.0 Å². The van der Waals surface area contributed by atoms with E-state index in [2.05, 4.69) is 5.32 Å². The quantitative estimate of drug-likeness (QED) is 0.574. The van der Waals surface area contributed by atoms with E-state index in [9.17, 15) is 14.7 Å². The fraction of sp³-hybridized carbons (Fsp3) is 0.167. The average molecular weight is 404 g/mol. The van der Waals surface area contributed by atoms with Crippen LogP contribution in [0.5, 0.6) is 0 Å². The summed E-state index contributed by atoms with van der Waals surface area (Å²) in [6.07, 6.45) is -0.787. The molecule has 0 unspecified atom stereocenters. The summed E-state index contributed by atoms with van der Waals surface area (Å²) in [5.74, 6) is -1.16. The van der Waals surface area contributed by atoms with Gasteiger partial charge in [0.2, 0.25) is 0 Å². The van der Waals surface area contributed by atoms with Crippen LogP contribution in [0.25, 0.3) is 0 Å². The van der Waals surface area contributed by atoms with Crippen molar-refractivity contribution in [1.82, 2.24) is 5.32 Å². The monoisotopic (exact) mass is 404 g/mol. The number of hydrogen-bond acceptors (Lipinski definition) is 4. The van der Waals surface area contributed by atoms with Crippen molar-refractivity contribution in [3.8, 4) is 0 Å². The second-order valence-electron chi connectivity index (χ2n) is 7.08. The number of amides is 1. The number of ether oxygens (including phenoxy) is 1. The molecule has 6 heteroatoms. The minimum atomic E-state index is -1.58. The molecule has 154 valence electrons. The number of carboxylic acids is 1. The minimum absolute atomic E-state index is 0.0107. The number of carbonyl (C=O) groups is 2. The van der Waals surface area contributed by atoms with E-state index >= 15 is 0 Å². The van der Waals surface area contributed by atoms with Gasteiger partial charge in [0, 0.05) is 11.4 Å². The SMILES string of the molecule is C[C@@](CN(c1ccccc1)c1ccccc1)(NC(=O)OCc1ccccc1)C(=O)O. The zero-order valence-electron chi connectivity index (χ0n) is 16.7. The summed E-state index contributed by atoms with van der Waals surface area (Å²) < 4.78 is 5.24. The Morgan fingerprint density at radius 1 is 0.867 bits per heavy atom. The first kappa shape index (κ1) is 20.9. The first-order valence-electron chi connectivity index (χ1n) is 9.58. The average Bonchev–Trinajstić information content (AvgIpc) is 2.78. The molecular weight excluding hydrogens is 380 g/mol. The van der Waals surface area contributed by atoms with E-state index in [1.165, 1.54) is 6.92 Å². The Morgan fingerprint density at radius 3 is 1.80 bits per heavy atom. The molecule has 0 spiro atoms. The van der Waals surface area contributed by atoms with Crippen molar-refractivity contribution in [2.75, 3.05) is 11.4 Å². The van der Waals surface area contributed by atoms with Crippen LogP contribution in [0.4, 0.5) is 16.2 Å². The molecule has 1 amide bonds. The van der Waals surface area contributed by atoms with Crippen LogP contribution in [-0.2, 0) is 16.1 Å². The van der Waals surface area contributed by atoms with Crippen molar-refractivity contribution >= 4 is 23.4 Å². The molecule has 2 N–H and O–H groups in total. The van der Waals surface area contributed by atoms with Crippen molar-refractivity contribution in [3.05, 3.63) is 96.6 Å². The predicted molar refractivity (Wildman–Crippen MR) is 116 cm³/mol. The number of benzene rings is 3. The fourth-order valence-corrected chi connectivity index (χ4v) is 3.01.